The summed E-state index contributed by atoms with van der Waals surface area (Å²) in [5, 5.41) is 15.6. The van der Waals surface area contributed by atoms with E-state index in [2.05, 4.69) is 10.4 Å². The monoisotopic (exact) mass is 407 g/mol. The van der Waals surface area contributed by atoms with E-state index in [0.29, 0.717) is 18.1 Å². The molecule has 1 amide bonds. The first kappa shape index (κ1) is 21.5. The van der Waals surface area contributed by atoms with Crippen LogP contribution in [0.2, 0.25) is 0 Å². The fourth-order valence-corrected chi connectivity index (χ4v) is 4.25. The lowest BCUT2D eigenvalue weighted by atomic mass is 10.2. The van der Waals surface area contributed by atoms with Gasteiger partial charge in [-0.15, -0.1) is 0 Å². The van der Waals surface area contributed by atoms with Crippen molar-refractivity contribution in [3.63, 3.8) is 0 Å². The van der Waals surface area contributed by atoms with Gasteiger partial charge in [-0.2, -0.15) is 14.7 Å². The van der Waals surface area contributed by atoms with Crippen LogP contribution in [0.3, 0.4) is 0 Å². The van der Waals surface area contributed by atoms with Crippen molar-refractivity contribution in [2.75, 3.05) is 18.4 Å². The number of aromatic nitrogens is 2. The van der Waals surface area contributed by atoms with Crippen LogP contribution in [-0.2, 0) is 16.6 Å². The number of sulfonamides is 1. The zero-order chi connectivity index (χ0) is 20.9. The summed E-state index contributed by atoms with van der Waals surface area (Å²) in [6.07, 6.45) is 0.215. The number of halogens is 1. The van der Waals surface area contributed by atoms with Crippen molar-refractivity contribution >= 4 is 21.7 Å². The number of hydrogen-bond donors (Lipinski definition) is 1. The lowest BCUT2D eigenvalue weighted by Crippen LogP contribution is -2.31. The molecule has 0 atom stereocenters. The van der Waals surface area contributed by atoms with E-state index in [4.69, 9.17) is 5.26 Å². The average molecular weight is 407 g/mol. The predicted molar refractivity (Wildman–Crippen MR) is 102 cm³/mol. The highest BCUT2D eigenvalue weighted by molar-refractivity contribution is 7.89. The molecule has 0 fully saturated rings. The number of anilines is 1. The Morgan fingerprint density at radius 2 is 2.00 bits per heavy atom. The molecule has 0 spiro atoms. The summed E-state index contributed by atoms with van der Waals surface area (Å²) in [6, 6.07) is 6.84. The molecule has 1 aromatic heterocycles. The molecule has 0 radical (unpaired) electrons. The van der Waals surface area contributed by atoms with Crippen LogP contribution in [0.4, 0.5) is 10.2 Å². The van der Waals surface area contributed by atoms with Crippen molar-refractivity contribution in [1.29, 1.82) is 5.26 Å². The van der Waals surface area contributed by atoms with Gasteiger partial charge in [0.05, 0.1) is 24.7 Å². The molecule has 8 nitrogen and oxygen atoms in total. The Hall–Kier alpha value is -2.77. The Morgan fingerprint density at radius 3 is 2.61 bits per heavy atom. The number of carbonyl (C=O) groups is 1. The summed E-state index contributed by atoms with van der Waals surface area (Å²) >= 11 is 0. The van der Waals surface area contributed by atoms with Gasteiger partial charge < -0.3 is 5.32 Å². The summed E-state index contributed by atoms with van der Waals surface area (Å²) in [7, 11) is -4.05. The van der Waals surface area contributed by atoms with Crippen LogP contribution in [0.1, 0.15) is 36.3 Å². The number of aryl methyl sites for hydroxylation is 2. The average Bonchev–Trinajstić information content (AvgIpc) is 2.99. The number of nitrogens with zero attached hydrogens (tertiary/aromatic N) is 4. The van der Waals surface area contributed by atoms with Crippen molar-refractivity contribution in [2.45, 2.75) is 38.6 Å². The van der Waals surface area contributed by atoms with Crippen molar-refractivity contribution in [3.05, 3.63) is 41.3 Å². The van der Waals surface area contributed by atoms with Gasteiger partial charge in [0.2, 0.25) is 10.0 Å². The van der Waals surface area contributed by atoms with E-state index >= 15 is 0 Å². The standard InChI is InChI=1S/C18H22FN5O3S/c1-4-23(5-2)28(26,27)16-12-14(7-8-15(16)19)18(25)21-17-11-13(3)22-24(17)10-6-9-20/h7-8,11-12H,4-6,10H2,1-3H3,(H,21,25). The Kier molecular flexibility index (Phi) is 6.88. The second kappa shape index (κ2) is 8.95. The van der Waals surface area contributed by atoms with Crippen molar-refractivity contribution < 1.29 is 17.6 Å². The second-order valence-corrected chi connectivity index (χ2v) is 7.90. The number of carbonyl (C=O) groups excluding carboxylic acids is 1. The lowest BCUT2D eigenvalue weighted by molar-refractivity contribution is 0.102. The molecule has 0 unspecified atom stereocenters. The highest BCUT2D eigenvalue weighted by atomic mass is 32.2. The van der Waals surface area contributed by atoms with E-state index in [9.17, 15) is 17.6 Å². The maximum absolute atomic E-state index is 14.2. The molecule has 0 aliphatic heterocycles. The third kappa shape index (κ3) is 4.55. The minimum Gasteiger partial charge on any atom is -0.307 e. The highest BCUT2D eigenvalue weighted by Gasteiger charge is 2.26. The first-order valence-electron chi connectivity index (χ1n) is 8.77. The molecule has 0 saturated carbocycles. The maximum Gasteiger partial charge on any atom is 0.256 e. The number of rotatable bonds is 8. The molecule has 0 bridgehead atoms. The molecule has 1 N–H and O–H groups in total. The normalized spacial score (nSPS) is 11.4. The summed E-state index contributed by atoms with van der Waals surface area (Å²) in [6.45, 7) is 5.72. The molecule has 150 valence electrons. The van der Waals surface area contributed by atoms with Crippen molar-refractivity contribution in [1.82, 2.24) is 14.1 Å². The molecule has 0 saturated heterocycles. The molecule has 2 rings (SSSR count). The van der Waals surface area contributed by atoms with E-state index in [1.54, 1.807) is 26.8 Å². The first-order valence-corrected chi connectivity index (χ1v) is 10.2. The number of benzene rings is 1. The minimum absolute atomic E-state index is 0.00202. The second-order valence-electron chi connectivity index (χ2n) is 5.99. The van der Waals surface area contributed by atoms with Gasteiger partial charge in [0.25, 0.3) is 5.91 Å². The van der Waals surface area contributed by atoms with Crippen LogP contribution in [0.15, 0.2) is 29.2 Å². The van der Waals surface area contributed by atoms with E-state index < -0.39 is 26.6 Å². The number of nitriles is 1. The van der Waals surface area contributed by atoms with Gasteiger partial charge in [-0.1, -0.05) is 13.8 Å². The van der Waals surface area contributed by atoms with Crippen LogP contribution in [0.5, 0.6) is 0 Å². The van der Waals surface area contributed by atoms with Gasteiger partial charge in [0.15, 0.2) is 0 Å². The van der Waals surface area contributed by atoms with E-state index in [0.717, 1.165) is 16.4 Å². The van der Waals surface area contributed by atoms with Gasteiger partial charge in [-0.05, 0) is 25.1 Å². The minimum atomic E-state index is -4.05. The SMILES string of the molecule is CCN(CC)S(=O)(=O)c1cc(C(=O)Nc2cc(C)nn2CCC#N)ccc1F. The molecule has 10 heteroatoms. The summed E-state index contributed by atoms with van der Waals surface area (Å²) in [5.41, 5.74) is 0.648. The van der Waals surface area contributed by atoms with Crippen LogP contribution < -0.4 is 5.32 Å². The first-order chi connectivity index (χ1) is 13.2. The fraction of sp³-hybridized carbons (Fsp3) is 0.389. The van der Waals surface area contributed by atoms with Crippen LogP contribution in [0, 0.1) is 24.1 Å². The highest BCUT2D eigenvalue weighted by Crippen LogP contribution is 2.22. The Labute approximate surface area is 163 Å². The fourth-order valence-electron chi connectivity index (χ4n) is 2.71. The van der Waals surface area contributed by atoms with Gasteiger partial charge >= 0.3 is 0 Å². The Bertz CT molecular complexity index is 1010. The van der Waals surface area contributed by atoms with Crippen LogP contribution in [0.25, 0.3) is 0 Å². The molecule has 1 aromatic carbocycles. The quantitative estimate of drug-likeness (QED) is 0.723. The summed E-state index contributed by atoms with van der Waals surface area (Å²) in [4.78, 5) is 12.1. The Balaban J connectivity index is 2.35. The van der Waals surface area contributed by atoms with Crippen molar-refractivity contribution in [2.24, 2.45) is 0 Å². The zero-order valence-electron chi connectivity index (χ0n) is 15.9. The molecular weight excluding hydrogens is 385 g/mol. The molecule has 2 aromatic rings. The Morgan fingerprint density at radius 1 is 1.32 bits per heavy atom. The van der Waals surface area contributed by atoms with Crippen molar-refractivity contribution in [3.8, 4) is 6.07 Å². The largest absolute Gasteiger partial charge is 0.307 e. The summed E-state index contributed by atoms with van der Waals surface area (Å²) in [5.74, 6) is -1.15. The molecule has 0 aliphatic carbocycles. The van der Waals surface area contributed by atoms with Gasteiger partial charge in [0, 0.05) is 24.7 Å². The number of nitrogens with one attached hydrogen (secondary N) is 1. The maximum atomic E-state index is 14.2. The predicted octanol–water partition coefficient (Wildman–Crippen LogP) is 2.53. The van der Waals surface area contributed by atoms with Crippen LogP contribution in [-0.4, -0.2) is 41.5 Å². The molecule has 0 aliphatic rings. The third-order valence-electron chi connectivity index (χ3n) is 4.10. The lowest BCUT2D eigenvalue weighted by Gasteiger charge is -2.19. The van der Waals surface area contributed by atoms with Gasteiger partial charge in [0.1, 0.15) is 16.5 Å². The van der Waals surface area contributed by atoms with Crippen LogP contribution >= 0.6 is 0 Å². The number of amides is 1. The third-order valence-corrected chi connectivity index (χ3v) is 6.16. The summed E-state index contributed by atoms with van der Waals surface area (Å²) < 4.78 is 42.1. The topological polar surface area (TPSA) is 108 Å². The smallest absolute Gasteiger partial charge is 0.256 e. The number of hydrogen-bond acceptors (Lipinski definition) is 5. The van der Waals surface area contributed by atoms with Gasteiger partial charge in [-0.3, -0.25) is 4.79 Å². The molecule has 28 heavy (non-hydrogen) atoms. The van der Waals surface area contributed by atoms with Gasteiger partial charge in [-0.25, -0.2) is 17.5 Å². The molecule has 1 heterocycles. The van der Waals surface area contributed by atoms with E-state index in [1.807, 2.05) is 6.07 Å². The zero-order valence-corrected chi connectivity index (χ0v) is 16.8. The molecular formula is C18H22FN5O3S. The van der Waals surface area contributed by atoms with E-state index in [-0.39, 0.29) is 25.1 Å². The van der Waals surface area contributed by atoms with E-state index in [1.165, 1.54) is 10.7 Å².